The normalized spacial score (nSPS) is 18.5. The van der Waals surface area contributed by atoms with Crippen LogP contribution in [-0.4, -0.2) is 92.4 Å². The highest BCUT2D eigenvalue weighted by atomic mass is 16.5. The van der Waals surface area contributed by atoms with Gasteiger partial charge in [-0.25, -0.2) is 9.78 Å². The summed E-state index contributed by atoms with van der Waals surface area (Å²) >= 11 is 0. The van der Waals surface area contributed by atoms with E-state index in [9.17, 15) is 20.0 Å². The number of amides is 1. The first kappa shape index (κ1) is 30.1. The Hall–Kier alpha value is -5.54. The van der Waals surface area contributed by atoms with E-state index < -0.39 is 12.1 Å². The number of ether oxygens (including phenoxy) is 1. The summed E-state index contributed by atoms with van der Waals surface area (Å²) in [6.45, 7) is 1.99. The highest BCUT2D eigenvalue weighted by molar-refractivity contribution is 5.93. The van der Waals surface area contributed by atoms with Gasteiger partial charge >= 0.3 is 12.1 Å². The van der Waals surface area contributed by atoms with Gasteiger partial charge in [0.25, 0.3) is 5.56 Å². The molecule has 2 atom stereocenters. The lowest BCUT2D eigenvalue weighted by atomic mass is 10.1. The number of rotatable bonds is 7. The van der Waals surface area contributed by atoms with Crippen molar-refractivity contribution in [2.45, 2.75) is 31.3 Å². The molecule has 0 radical (unpaired) electrons. The standard InChI is InChI=1S/C35H34N8O4/c1-40-18-8-13-26(40)22-47-34-38-30-29(32(39-34)41-19-20-42(35(45)46)25(21-41)16-17-36)37-31(24-10-3-2-4-11-24)43(33(30)44)28-15-7-12-23-9-5-6-14-27(23)28/h2-7,9-12,14-15,25-26H,8,13,16,18-22H2,1H3,(H,45,46). The Morgan fingerprint density at radius 2 is 1.74 bits per heavy atom. The predicted octanol–water partition coefficient (Wildman–Crippen LogP) is 4.55. The van der Waals surface area contributed by atoms with Gasteiger partial charge in [-0.15, -0.1) is 0 Å². The number of nitriles is 1. The van der Waals surface area contributed by atoms with E-state index in [1.54, 1.807) is 4.57 Å². The average Bonchev–Trinajstić information content (AvgIpc) is 3.51. The summed E-state index contributed by atoms with van der Waals surface area (Å²) in [4.78, 5) is 46.8. The third kappa shape index (κ3) is 5.70. The van der Waals surface area contributed by atoms with E-state index >= 15 is 0 Å². The maximum absolute atomic E-state index is 14.8. The van der Waals surface area contributed by atoms with Gasteiger partial charge in [-0.3, -0.25) is 9.36 Å². The number of aromatic nitrogens is 4. The number of likely N-dealkylation sites (N-methyl/N-ethyl adjacent to an activating group) is 1. The predicted molar refractivity (Wildman–Crippen MR) is 178 cm³/mol. The van der Waals surface area contributed by atoms with E-state index in [1.165, 1.54) is 4.90 Å². The van der Waals surface area contributed by atoms with E-state index in [-0.39, 0.29) is 48.2 Å². The van der Waals surface area contributed by atoms with Crippen molar-refractivity contribution in [3.05, 3.63) is 83.2 Å². The van der Waals surface area contributed by atoms with E-state index in [4.69, 9.17) is 14.7 Å². The Morgan fingerprint density at radius 3 is 2.51 bits per heavy atom. The molecule has 3 aromatic carbocycles. The van der Waals surface area contributed by atoms with Gasteiger partial charge in [0, 0.05) is 36.6 Å². The van der Waals surface area contributed by atoms with E-state index in [0.29, 0.717) is 30.5 Å². The maximum Gasteiger partial charge on any atom is 0.407 e. The van der Waals surface area contributed by atoms with Crippen LogP contribution in [0.1, 0.15) is 19.3 Å². The van der Waals surface area contributed by atoms with E-state index in [1.807, 2.05) is 77.7 Å². The second-order valence-corrected chi connectivity index (χ2v) is 12.0. The number of benzene rings is 3. The summed E-state index contributed by atoms with van der Waals surface area (Å²) in [5, 5.41) is 21.2. The van der Waals surface area contributed by atoms with Crippen LogP contribution < -0.4 is 15.2 Å². The molecule has 0 saturated carbocycles. The van der Waals surface area contributed by atoms with Crippen LogP contribution in [0.2, 0.25) is 0 Å². The molecule has 7 rings (SSSR count). The third-order valence-electron chi connectivity index (χ3n) is 9.15. The van der Waals surface area contributed by atoms with Gasteiger partial charge in [-0.2, -0.15) is 15.2 Å². The Balaban J connectivity index is 1.45. The molecule has 2 unspecified atom stereocenters. The molecule has 12 nitrogen and oxygen atoms in total. The molecule has 5 aromatic rings. The maximum atomic E-state index is 14.8. The van der Waals surface area contributed by atoms with Crippen LogP contribution in [0.15, 0.2) is 77.6 Å². The fourth-order valence-electron chi connectivity index (χ4n) is 6.67. The number of hydrogen-bond acceptors (Lipinski definition) is 9. The lowest BCUT2D eigenvalue weighted by molar-refractivity contribution is 0.119. The molecule has 47 heavy (non-hydrogen) atoms. The zero-order valence-corrected chi connectivity index (χ0v) is 26.0. The number of piperazine rings is 1. The second kappa shape index (κ2) is 12.7. The number of likely N-dealkylation sites (tertiary alicyclic amines) is 1. The monoisotopic (exact) mass is 630 g/mol. The van der Waals surface area contributed by atoms with Gasteiger partial charge in [-0.1, -0.05) is 66.7 Å². The summed E-state index contributed by atoms with van der Waals surface area (Å²) in [6, 6.07) is 25.0. The molecule has 2 aliphatic rings. The Bertz CT molecular complexity index is 2060. The number of hydrogen-bond donors (Lipinski definition) is 1. The fourth-order valence-corrected chi connectivity index (χ4v) is 6.67. The molecule has 2 saturated heterocycles. The highest BCUT2D eigenvalue weighted by Gasteiger charge is 2.33. The van der Waals surface area contributed by atoms with Crippen molar-refractivity contribution < 1.29 is 14.6 Å². The SMILES string of the molecule is CN1CCCC1COc1nc(N2CCN(C(=O)O)C(CC#N)C2)c2nc(-c3ccccc3)n(-c3cccc4ccccc34)c(=O)c2n1. The first-order valence-electron chi connectivity index (χ1n) is 15.8. The Labute approximate surface area is 271 Å². The molecule has 1 N–H and O–H groups in total. The third-order valence-corrected chi connectivity index (χ3v) is 9.15. The molecule has 2 aromatic heterocycles. The number of carbonyl (C=O) groups is 1. The van der Waals surface area contributed by atoms with Gasteiger partial charge in [0.05, 0.1) is 24.2 Å². The zero-order valence-electron chi connectivity index (χ0n) is 26.0. The van der Waals surface area contributed by atoms with Gasteiger partial charge in [0.2, 0.25) is 0 Å². The Morgan fingerprint density at radius 1 is 0.957 bits per heavy atom. The minimum Gasteiger partial charge on any atom is -0.465 e. The van der Waals surface area contributed by atoms with Crippen molar-refractivity contribution in [1.82, 2.24) is 29.3 Å². The number of fused-ring (bicyclic) bond motifs is 2. The minimum atomic E-state index is -1.08. The van der Waals surface area contributed by atoms with Crippen LogP contribution in [0.5, 0.6) is 6.01 Å². The second-order valence-electron chi connectivity index (χ2n) is 12.0. The highest BCUT2D eigenvalue weighted by Crippen LogP contribution is 2.31. The van der Waals surface area contributed by atoms with Crippen molar-refractivity contribution in [3.8, 4) is 29.2 Å². The molecule has 0 spiro atoms. The number of carboxylic acid groups (broad SMARTS) is 1. The molecule has 1 amide bonds. The lowest BCUT2D eigenvalue weighted by Crippen LogP contribution is -2.55. The summed E-state index contributed by atoms with van der Waals surface area (Å²) in [5.74, 6) is 0.792. The number of nitrogens with zero attached hydrogens (tertiary/aromatic N) is 8. The van der Waals surface area contributed by atoms with Crippen LogP contribution >= 0.6 is 0 Å². The average molecular weight is 631 g/mol. The summed E-state index contributed by atoms with van der Waals surface area (Å²) < 4.78 is 7.80. The van der Waals surface area contributed by atoms with Crippen molar-refractivity contribution in [3.63, 3.8) is 0 Å². The van der Waals surface area contributed by atoms with Crippen molar-refractivity contribution in [2.24, 2.45) is 0 Å². The summed E-state index contributed by atoms with van der Waals surface area (Å²) in [7, 11) is 2.06. The lowest BCUT2D eigenvalue weighted by Gasteiger charge is -2.39. The molecule has 2 fully saturated rings. The number of anilines is 1. The van der Waals surface area contributed by atoms with Crippen LogP contribution in [0.25, 0.3) is 38.9 Å². The van der Waals surface area contributed by atoms with Crippen LogP contribution in [0.3, 0.4) is 0 Å². The smallest absolute Gasteiger partial charge is 0.407 e. The first-order valence-corrected chi connectivity index (χ1v) is 15.8. The van der Waals surface area contributed by atoms with E-state index in [0.717, 1.165) is 35.7 Å². The molecule has 12 heteroatoms. The zero-order chi connectivity index (χ0) is 32.5. The molecule has 0 aliphatic carbocycles. The molecule has 2 aliphatic heterocycles. The van der Waals surface area contributed by atoms with Crippen molar-refractivity contribution >= 4 is 33.7 Å². The Kier molecular flexibility index (Phi) is 8.14. The fraction of sp³-hybridized carbons (Fsp3) is 0.314. The van der Waals surface area contributed by atoms with Crippen LogP contribution in [0, 0.1) is 11.3 Å². The molecule has 0 bridgehead atoms. The summed E-state index contributed by atoms with van der Waals surface area (Å²) in [5.41, 5.74) is 1.40. The van der Waals surface area contributed by atoms with Crippen LogP contribution in [-0.2, 0) is 0 Å². The largest absolute Gasteiger partial charge is 0.465 e. The van der Waals surface area contributed by atoms with Gasteiger partial charge in [0.15, 0.2) is 11.3 Å². The van der Waals surface area contributed by atoms with Gasteiger partial charge in [-0.05, 0) is 37.9 Å². The van der Waals surface area contributed by atoms with Crippen molar-refractivity contribution in [1.29, 1.82) is 5.26 Å². The summed E-state index contributed by atoms with van der Waals surface area (Å²) in [6.07, 6.45) is 0.994. The first-order chi connectivity index (χ1) is 22.9. The molecule has 238 valence electrons. The minimum absolute atomic E-state index is 0.0137. The van der Waals surface area contributed by atoms with Gasteiger partial charge in [0.1, 0.15) is 17.9 Å². The van der Waals surface area contributed by atoms with Gasteiger partial charge < -0.3 is 24.5 Å². The molecular weight excluding hydrogens is 596 g/mol. The van der Waals surface area contributed by atoms with Crippen molar-refractivity contribution in [2.75, 3.05) is 44.7 Å². The quantitative estimate of drug-likeness (QED) is 0.272. The topological polar surface area (TPSA) is 141 Å². The van der Waals surface area contributed by atoms with Crippen LogP contribution in [0.4, 0.5) is 10.6 Å². The van der Waals surface area contributed by atoms with E-state index in [2.05, 4.69) is 23.0 Å². The molecular formula is C35H34N8O4. The molecule has 4 heterocycles.